The molecule has 0 aliphatic carbocycles. The molecular formula is C20H30ClNOSi. The van der Waals surface area contributed by atoms with Gasteiger partial charge >= 0.3 is 0 Å². The van der Waals surface area contributed by atoms with Gasteiger partial charge in [0.05, 0.1) is 17.8 Å². The van der Waals surface area contributed by atoms with Gasteiger partial charge in [-0.2, -0.15) is 0 Å². The number of hydrogen-bond donors (Lipinski definition) is 0. The van der Waals surface area contributed by atoms with Crippen LogP contribution in [0.3, 0.4) is 0 Å². The molecule has 1 heterocycles. The summed E-state index contributed by atoms with van der Waals surface area (Å²) in [6.07, 6.45) is 0. The SMILES string of the molecule is Cc1c(Cl)ccc2nc(CO[Si](C)(C)C(C)(C)C)cc(C(C)C)c12. The second kappa shape index (κ2) is 6.78. The fourth-order valence-electron chi connectivity index (χ4n) is 2.57. The molecule has 0 aliphatic heterocycles. The molecule has 0 aliphatic rings. The van der Waals surface area contributed by atoms with Crippen LogP contribution < -0.4 is 0 Å². The van der Waals surface area contributed by atoms with E-state index in [1.165, 1.54) is 10.9 Å². The van der Waals surface area contributed by atoms with Gasteiger partial charge in [0.1, 0.15) is 0 Å². The highest BCUT2D eigenvalue weighted by Crippen LogP contribution is 2.37. The lowest BCUT2D eigenvalue weighted by Crippen LogP contribution is -2.40. The molecular weight excluding hydrogens is 334 g/mol. The van der Waals surface area contributed by atoms with E-state index in [1.807, 2.05) is 12.1 Å². The van der Waals surface area contributed by atoms with Gasteiger partial charge in [0.2, 0.25) is 0 Å². The summed E-state index contributed by atoms with van der Waals surface area (Å²) in [6, 6.07) is 6.16. The van der Waals surface area contributed by atoms with Gasteiger partial charge in [-0.1, -0.05) is 46.2 Å². The Hall–Kier alpha value is -0.903. The maximum absolute atomic E-state index is 6.37. The van der Waals surface area contributed by atoms with E-state index in [-0.39, 0.29) is 5.04 Å². The topological polar surface area (TPSA) is 22.1 Å². The average molecular weight is 364 g/mol. The van der Waals surface area contributed by atoms with Crippen molar-refractivity contribution in [2.75, 3.05) is 0 Å². The number of nitrogens with zero attached hydrogens (tertiary/aromatic N) is 1. The van der Waals surface area contributed by atoms with Crippen LogP contribution in [0.15, 0.2) is 18.2 Å². The minimum Gasteiger partial charge on any atom is -0.411 e. The molecule has 2 nitrogen and oxygen atoms in total. The van der Waals surface area contributed by atoms with Crippen LogP contribution >= 0.6 is 11.6 Å². The molecule has 0 radical (unpaired) electrons. The average Bonchev–Trinajstić information content (AvgIpc) is 2.47. The van der Waals surface area contributed by atoms with E-state index in [4.69, 9.17) is 21.0 Å². The molecule has 0 atom stereocenters. The summed E-state index contributed by atoms with van der Waals surface area (Å²) in [5, 5.41) is 2.19. The summed E-state index contributed by atoms with van der Waals surface area (Å²) in [5.74, 6) is 0.416. The van der Waals surface area contributed by atoms with Crippen molar-refractivity contribution in [1.82, 2.24) is 4.98 Å². The van der Waals surface area contributed by atoms with Gasteiger partial charge in [-0.25, -0.2) is 0 Å². The zero-order chi connectivity index (χ0) is 18.3. The van der Waals surface area contributed by atoms with Crippen molar-refractivity contribution in [2.45, 2.75) is 72.2 Å². The van der Waals surface area contributed by atoms with Crippen molar-refractivity contribution in [1.29, 1.82) is 0 Å². The van der Waals surface area contributed by atoms with Crippen LogP contribution in [0.2, 0.25) is 23.2 Å². The predicted octanol–water partition coefficient (Wildman–Crippen LogP) is 6.84. The molecule has 0 N–H and O–H groups in total. The third-order valence-corrected chi connectivity index (χ3v) is 10.1. The lowest BCUT2D eigenvalue weighted by Gasteiger charge is -2.36. The van der Waals surface area contributed by atoms with E-state index < -0.39 is 8.32 Å². The van der Waals surface area contributed by atoms with Gasteiger partial charge in [-0.15, -0.1) is 0 Å². The van der Waals surface area contributed by atoms with Crippen LogP contribution in [0.4, 0.5) is 0 Å². The maximum Gasteiger partial charge on any atom is 0.192 e. The second-order valence-corrected chi connectivity index (χ2v) is 13.7. The fraction of sp³-hybridized carbons (Fsp3) is 0.550. The van der Waals surface area contributed by atoms with Crippen LogP contribution in [0, 0.1) is 6.92 Å². The van der Waals surface area contributed by atoms with Crippen molar-refractivity contribution >= 4 is 30.8 Å². The van der Waals surface area contributed by atoms with Gasteiger partial charge in [-0.05, 0) is 60.3 Å². The molecule has 0 fully saturated rings. The van der Waals surface area contributed by atoms with Gasteiger partial charge in [-0.3, -0.25) is 4.98 Å². The first-order valence-electron chi connectivity index (χ1n) is 8.66. The Balaban J connectivity index is 2.45. The highest BCUT2D eigenvalue weighted by atomic mass is 35.5. The first-order valence-corrected chi connectivity index (χ1v) is 12.0. The van der Waals surface area contributed by atoms with Crippen molar-refractivity contribution < 1.29 is 4.43 Å². The number of benzene rings is 1. The van der Waals surface area contributed by atoms with E-state index in [1.54, 1.807) is 0 Å². The normalized spacial score (nSPS) is 13.1. The number of fused-ring (bicyclic) bond motifs is 1. The molecule has 0 saturated carbocycles. The molecule has 1 aromatic heterocycles. The molecule has 0 saturated heterocycles. The number of halogens is 1. The minimum absolute atomic E-state index is 0.203. The first kappa shape index (κ1) is 19.4. The standard InChI is InChI=1S/C20H30ClNOSi/c1-13(2)16-11-15(12-23-24(7,8)20(4,5)6)22-18-10-9-17(21)14(3)19(16)18/h9-11,13H,12H2,1-8H3. The Morgan fingerprint density at radius 2 is 1.83 bits per heavy atom. The van der Waals surface area contributed by atoms with Crippen LogP contribution in [0.5, 0.6) is 0 Å². The Labute approximate surface area is 152 Å². The Kier molecular flexibility index (Phi) is 5.48. The second-order valence-electron chi connectivity index (χ2n) is 8.47. The smallest absolute Gasteiger partial charge is 0.192 e. The Bertz CT molecular complexity index is 747. The van der Waals surface area contributed by atoms with Gasteiger partial charge in [0.25, 0.3) is 0 Å². The highest BCUT2D eigenvalue weighted by Gasteiger charge is 2.37. The van der Waals surface area contributed by atoms with E-state index in [0.717, 1.165) is 21.8 Å². The number of hydrogen-bond acceptors (Lipinski definition) is 2. The van der Waals surface area contributed by atoms with E-state index in [2.05, 4.69) is 60.7 Å². The predicted molar refractivity (Wildman–Crippen MR) is 108 cm³/mol. The zero-order valence-corrected chi connectivity index (χ0v) is 18.0. The molecule has 0 spiro atoms. The third-order valence-electron chi connectivity index (χ3n) is 5.26. The summed E-state index contributed by atoms with van der Waals surface area (Å²) < 4.78 is 6.37. The lowest BCUT2D eigenvalue weighted by atomic mass is 9.95. The minimum atomic E-state index is -1.78. The van der Waals surface area contributed by atoms with Crippen molar-refractivity contribution in [3.05, 3.63) is 40.0 Å². The fourth-order valence-corrected chi connectivity index (χ4v) is 3.67. The van der Waals surface area contributed by atoms with Crippen molar-refractivity contribution in [2.24, 2.45) is 0 Å². The lowest BCUT2D eigenvalue weighted by molar-refractivity contribution is 0.272. The van der Waals surface area contributed by atoms with Crippen molar-refractivity contribution in [3.63, 3.8) is 0 Å². The molecule has 1 aromatic carbocycles. The van der Waals surface area contributed by atoms with E-state index in [0.29, 0.717) is 12.5 Å². The first-order chi connectivity index (χ1) is 10.9. The van der Waals surface area contributed by atoms with E-state index >= 15 is 0 Å². The number of aryl methyl sites for hydroxylation is 1. The molecule has 2 aromatic rings. The highest BCUT2D eigenvalue weighted by molar-refractivity contribution is 6.74. The molecule has 0 unspecified atom stereocenters. The summed E-state index contributed by atoms with van der Waals surface area (Å²) >= 11 is 6.33. The number of aromatic nitrogens is 1. The van der Waals surface area contributed by atoms with E-state index in [9.17, 15) is 0 Å². The quantitative estimate of drug-likeness (QED) is 0.554. The summed E-state index contributed by atoms with van der Waals surface area (Å²) in [5.41, 5.74) is 4.44. The number of rotatable bonds is 4. The number of pyridine rings is 1. The van der Waals surface area contributed by atoms with Crippen LogP contribution in [0.25, 0.3) is 10.9 Å². The molecule has 132 valence electrons. The molecule has 2 rings (SSSR count). The van der Waals surface area contributed by atoms with Crippen LogP contribution in [0.1, 0.15) is 57.4 Å². The van der Waals surface area contributed by atoms with Crippen LogP contribution in [-0.4, -0.2) is 13.3 Å². The summed E-state index contributed by atoms with van der Waals surface area (Å²) in [6.45, 7) is 18.4. The monoisotopic (exact) mass is 363 g/mol. The van der Waals surface area contributed by atoms with Gasteiger partial charge in [0.15, 0.2) is 8.32 Å². The Morgan fingerprint density at radius 1 is 1.21 bits per heavy atom. The molecule has 0 bridgehead atoms. The van der Waals surface area contributed by atoms with Crippen LogP contribution in [-0.2, 0) is 11.0 Å². The maximum atomic E-state index is 6.37. The zero-order valence-electron chi connectivity index (χ0n) is 16.2. The summed E-state index contributed by atoms with van der Waals surface area (Å²) in [7, 11) is -1.78. The van der Waals surface area contributed by atoms with Crippen molar-refractivity contribution in [3.8, 4) is 0 Å². The molecule has 4 heteroatoms. The van der Waals surface area contributed by atoms with Gasteiger partial charge < -0.3 is 4.43 Å². The Morgan fingerprint density at radius 3 is 2.38 bits per heavy atom. The van der Waals surface area contributed by atoms with Gasteiger partial charge in [0, 0.05) is 10.4 Å². The third kappa shape index (κ3) is 3.84. The summed E-state index contributed by atoms with van der Waals surface area (Å²) in [4.78, 5) is 4.84. The largest absolute Gasteiger partial charge is 0.411 e. The molecule has 24 heavy (non-hydrogen) atoms. The molecule has 0 amide bonds.